The van der Waals surface area contributed by atoms with Gasteiger partial charge < -0.3 is 15.1 Å². The first-order chi connectivity index (χ1) is 28.6. The highest BCUT2D eigenvalue weighted by atomic mass is 32.2. The van der Waals surface area contributed by atoms with Crippen molar-refractivity contribution in [2.24, 2.45) is 0 Å². The zero-order chi connectivity index (χ0) is 40.4. The van der Waals surface area contributed by atoms with Crippen LogP contribution in [0, 0.1) is 0 Å². The fourth-order valence-electron chi connectivity index (χ4n) is 10.4. The quantitative estimate of drug-likeness (QED) is 0.236. The van der Waals surface area contributed by atoms with Crippen LogP contribution in [-0.2, 0) is 32.7 Å². The normalized spacial score (nSPS) is 24.6. The van der Waals surface area contributed by atoms with Crippen LogP contribution in [0.4, 0.5) is 11.6 Å². The number of imide groups is 1. The minimum atomic E-state index is -3.71. The smallest absolute Gasteiger partial charge is 0.255 e. The van der Waals surface area contributed by atoms with Crippen LogP contribution >= 0.6 is 0 Å². The van der Waals surface area contributed by atoms with E-state index in [0.717, 1.165) is 73.8 Å². The number of nitrogens with one attached hydrogen (secondary N) is 2. The average Bonchev–Trinajstić information content (AvgIpc) is 3.89. The highest BCUT2D eigenvalue weighted by Gasteiger charge is 2.42. The summed E-state index contributed by atoms with van der Waals surface area (Å²) >= 11 is 0. The van der Waals surface area contributed by atoms with Crippen molar-refractivity contribution in [3.8, 4) is 0 Å². The number of hydrogen-bond acceptors (Lipinski definition) is 11. The highest BCUT2D eigenvalue weighted by Crippen LogP contribution is 2.37. The molecule has 6 fully saturated rings. The third-order valence-electron chi connectivity index (χ3n) is 13.5. The van der Waals surface area contributed by atoms with Crippen LogP contribution in [0.15, 0.2) is 70.5 Å². The molecule has 0 spiro atoms. The molecule has 3 unspecified atom stereocenters. The molecule has 1 saturated carbocycles. The average molecular weight is 820 g/mol. The Morgan fingerprint density at radius 3 is 2.41 bits per heavy atom. The van der Waals surface area contributed by atoms with Crippen molar-refractivity contribution in [2.75, 3.05) is 36.4 Å². The van der Waals surface area contributed by atoms with Crippen LogP contribution < -0.4 is 21.1 Å². The number of rotatable bonds is 9. The Labute approximate surface area is 342 Å². The van der Waals surface area contributed by atoms with E-state index in [4.69, 9.17) is 4.98 Å². The molecule has 59 heavy (non-hydrogen) atoms. The molecule has 1 aliphatic carbocycles. The largest absolute Gasteiger partial charge is 0.366 e. The Hall–Kier alpha value is -5.19. The molecule has 308 valence electrons. The summed E-state index contributed by atoms with van der Waals surface area (Å²) in [6.07, 6.45) is 9.80. The van der Waals surface area contributed by atoms with E-state index in [2.05, 4.69) is 31.5 Å². The fourth-order valence-corrected chi connectivity index (χ4v) is 11.9. The molecule has 16 heteroatoms. The molecular formula is C43H49N9O6S. The van der Waals surface area contributed by atoms with E-state index in [1.54, 1.807) is 33.6 Å². The SMILES string of the molecule is O=C1CCC(N2Cc3cc(N4CC5CCC4CN5Cc4cccc(S(=O)(=O)N5CCC(Nc6ncc7ccc(=O)n(C8CCCC8)c7n6)CC5)c4)ccc3C2=O)C(=O)N1. The van der Waals surface area contributed by atoms with Gasteiger partial charge in [0, 0.05) is 98.8 Å². The van der Waals surface area contributed by atoms with E-state index in [1.807, 2.05) is 34.9 Å². The molecule has 3 amide bonds. The molecule has 2 aromatic carbocycles. The van der Waals surface area contributed by atoms with E-state index in [1.165, 1.54) is 0 Å². The number of piperazine rings is 1. The predicted molar refractivity (Wildman–Crippen MR) is 220 cm³/mol. The lowest BCUT2D eigenvalue weighted by atomic mass is 9.89. The van der Waals surface area contributed by atoms with Crippen LogP contribution in [0.2, 0.25) is 0 Å². The molecule has 11 rings (SSSR count). The molecule has 3 atom stereocenters. The summed E-state index contributed by atoms with van der Waals surface area (Å²) in [4.78, 5) is 66.5. The molecule has 8 heterocycles. The van der Waals surface area contributed by atoms with Crippen molar-refractivity contribution in [2.45, 2.75) is 112 Å². The van der Waals surface area contributed by atoms with Crippen molar-refractivity contribution >= 4 is 50.4 Å². The number of piperidine rings is 4. The summed E-state index contributed by atoms with van der Waals surface area (Å²) in [5.41, 5.74) is 4.16. The zero-order valence-corrected chi connectivity index (χ0v) is 33.8. The first kappa shape index (κ1) is 38.0. The zero-order valence-electron chi connectivity index (χ0n) is 33.0. The van der Waals surface area contributed by atoms with Crippen LogP contribution in [0.25, 0.3) is 11.0 Å². The lowest BCUT2D eigenvalue weighted by molar-refractivity contribution is -0.136. The van der Waals surface area contributed by atoms with Crippen molar-refractivity contribution in [1.29, 1.82) is 0 Å². The number of sulfonamides is 1. The number of hydrogen-bond donors (Lipinski definition) is 2. The van der Waals surface area contributed by atoms with E-state index >= 15 is 0 Å². The number of pyridine rings is 1. The maximum atomic E-state index is 14.0. The Morgan fingerprint density at radius 2 is 1.63 bits per heavy atom. The molecule has 4 aromatic rings. The van der Waals surface area contributed by atoms with Crippen molar-refractivity contribution in [3.63, 3.8) is 0 Å². The third kappa shape index (κ3) is 7.08. The number of aromatic nitrogens is 3. The number of anilines is 2. The number of fused-ring (bicyclic) bond motifs is 5. The van der Waals surface area contributed by atoms with E-state index in [9.17, 15) is 27.6 Å². The Kier molecular flexibility index (Phi) is 9.75. The van der Waals surface area contributed by atoms with Gasteiger partial charge in [0.25, 0.3) is 11.5 Å². The summed E-state index contributed by atoms with van der Waals surface area (Å²) in [7, 11) is -3.71. The number of carbonyl (C=O) groups is 3. The van der Waals surface area contributed by atoms with Gasteiger partial charge in [-0.15, -0.1) is 0 Å². The van der Waals surface area contributed by atoms with Gasteiger partial charge in [0.1, 0.15) is 11.7 Å². The van der Waals surface area contributed by atoms with Crippen molar-refractivity contribution < 1.29 is 22.8 Å². The minimum absolute atomic E-state index is 0.00140. The van der Waals surface area contributed by atoms with Crippen LogP contribution in [-0.4, -0.2) is 105 Å². The number of carbonyl (C=O) groups excluding carboxylic acids is 3. The number of amides is 3. The first-order valence-electron chi connectivity index (χ1n) is 21.1. The summed E-state index contributed by atoms with van der Waals surface area (Å²) in [5.74, 6) is -0.414. The van der Waals surface area contributed by atoms with E-state index in [0.29, 0.717) is 73.5 Å². The molecule has 7 aliphatic rings. The standard InChI is InChI=1S/C43H49N9O6S/c53-38-14-13-37(41(55)46-38)51-24-29-21-32(11-12-36(29)42(51)56)50-26-33-9-10-34(50)25-48(33)23-27-4-3-7-35(20-27)59(57,58)49-18-16-30(17-19-49)45-43-44-22-28-8-15-39(54)52(40(28)47-43)31-5-1-2-6-31/h3-4,7-8,11-12,15,20-22,30-31,33-34,37H,1-2,5-6,9-10,13-14,16-19,23-26H2,(H,44,45,47)(H,46,53,55). The van der Waals surface area contributed by atoms with Gasteiger partial charge in [-0.3, -0.25) is 34.0 Å². The molecule has 2 bridgehead atoms. The summed E-state index contributed by atoms with van der Waals surface area (Å²) < 4.78 is 31.4. The van der Waals surface area contributed by atoms with E-state index in [-0.39, 0.29) is 41.9 Å². The molecule has 2 N–H and O–H groups in total. The van der Waals surface area contributed by atoms with Gasteiger partial charge in [-0.25, -0.2) is 13.4 Å². The topological polar surface area (TPSA) is 170 Å². The maximum absolute atomic E-state index is 14.0. The first-order valence-corrected chi connectivity index (χ1v) is 22.6. The van der Waals surface area contributed by atoms with E-state index < -0.39 is 22.0 Å². The Bertz CT molecular complexity index is 2510. The highest BCUT2D eigenvalue weighted by molar-refractivity contribution is 7.89. The summed E-state index contributed by atoms with van der Waals surface area (Å²) in [6, 6.07) is 16.8. The number of benzene rings is 2. The van der Waals surface area contributed by atoms with Gasteiger partial charge in [-0.1, -0.05) is 25.0 Å². The second-order valence-corrected chi connectivity index (χ2v) is 19.1. The van der Waals surface area contributed by atoms with Gasteiger partial charge in [0.2, 0.25) is 27.8 Å². The van der Waals surface area contributed by atoms with Crippen molar-refractivity contribution in [3.05, 3.63) is 87.8 Å². The lowest BCUT2D eigenvalue weighted by Gasteiger charge is -2.52. The minimum Gasteiger partial charge on any atom is -0.366 e. The molecule has 5 saturated heterocycles. The summed E-state index contributed by atoms with van der Waals surface area (Å²) in [5, 5.41) is 6.63. The molecule has 6 aliphatic heterocycles. The second-order valence-electron chi connectivity index (χ2n) is 17.1. The molecule has 15 nitrogen and oxygen atoms in total. The maximum Gasteiger partial charge on any atom is 0.255 e. The lowest BCUT2D eigenvalue weighted by Crippen LogP contribution is -2.62. The third-order valence-corrected chi connectivity index (χ3v) is 15.4. The monoisotopic (exact) mass is 819 g/mol. The van der Waals surface area contributed by atoms with Gasteiger partial charge in [0.05, 0.1) is 4.90 Å². The van der Waals surface area contributed by atoms with Crippen LogP contribution in [0.5, 0.6) is 0 Å². The second kappa shape index (κ2) is 15.1. The predicted octanol–water partition coefficient (Wildman–Crippen LogP) is 3.79. The van der Waals surface area contributed by atoms with Gasteiger partial charge in [-0.2, -0.15) is 9.29 Å². The van der Waals surface area contributed by atoms with Gasteiger partial charge in [0.15, 0.2) is 0 Å². The molecule has 2 aromatic heterocycles. The Morgan fingerprint density at radius 1 is 0.814 bits per heavy atom. The van der Waals surface area contributed by atoms with Crippen molar-refractivity contribution in [1.82, 2.24) is 34.0 Å². The van der Waals surface area contributed by atoms with Gasteiger partial charge >= 0.3 is 0 Å². The van der Waals surface area contributed by atoms with Crippen LogP contribution in [0.3, 0.4) is 0 Å². The fraction of sp³-hybridized carbons (Fsp3) is 0.488. The van der Waals surface area contributed by atoms with Gasteiger partial charge in [-0.05, 0) is 92.5 Å². The molecule has 0 radical (unpaired) electrons. The Balaban J connectivity index is 0.762. The van der Waals surface area contributed by atoms with Crippen LogP contribution in [0.1, 0.15) is 91.7 Å². The number of nitrogens with zero attached hydrogens (tertiary/aromatic N) is 7. The summed E-state index contributed by atoms with van der Waals surface area (Å²) in [6.45, 7) is 3.44. The molecular weight excluding hydrogens is 771 g/mol.